The number of para-hydroxylation sites is 1. The molecule has 0 bridgehead atoms. The lowest BCUT2D eigenvalue weighted by molar-refractivity contribution is 0.416. The zero-order valence-electron chi connectivity index (χ0n) is 12.2. The normalized spacial score (nSPS) is 11.0. The van der Waals surface area contributed by atoms with Crippen molar-refractivity contribution in [2.24, 2.45) is 5.10 Å². The molecule has 0 aliphatic carbocycles. The number of halogens is 1. The Morgan fingerprint density at radius 3 is 2.74 bits per heavy atom. The Balaban J connectivity index is 2.07. The molecule has 5 nitrogen and oxygen atoms in total. The van der Waals surface area contributed by atoms with Crippen LogP contribution in [0.25, 0.3) is 11.4 Å². The summed E-state index contributed by atoms with van der Waals surface area (Å²) in [5, 5.41) is 11.5. The molecule has 0 aliphatic heterocycles. The molecule has 0 aliphatic rings. The highest BCUT2D eigenvalue weighted by molar-refractivity contribution is 9.10. The molecule has 7 heteroatoms. The van der Waals surface area contributed by atoms with Gasteiger partial charge in [0.1, 0.15) is 5.75 Å². The number of nitrogens with zero attached hydrogens (tertiary/aromatic N) is 3. The van der Waals surface area contributed by atoms with Gasteiger partial charge < -0.3 is 4.74 Å². The summed E-state index contributed by atoms with van der Waals surface area (Å²) >= 11 is 8.77. The molecule has 1 aromatic heterocycles. The minimum Gasteiger partial charge on any atom is -0.496 e. The average Bonchev–Trinajstić information content (AvgIpc) is 2.95. The lowest BCUT2D eigenvalue weighted by Crippen LogP contribution is -1.97. The predicted octanol–water partition coefficient (Wildman–Crippen LogP) is 4.26. The Labute approximate surface area is 146 Å². The van der Waals surface area contributed by atoms with Crippen molar-refractivity contribution in [1.82, 2.24) is 14.9 Å². The van der Waals surface area contributed by atoms with Gasteiger partial charge in [0.15, 0.2) is 5.82 Å². The highest BCUT2D eigenvalue weighted by atomic mass is 79.9. The van der Waals surface area contributed by atoms with Gasteiger partial charge in [-0.1, -0.05) is 46.3 Å². The minimum atomic E-state index is 0.411. The zero-order valence-corrected chi connectivity index (χ0v) is 14.6. The average molecular weight is 389 g/mol. The maximum Gasteiger partial charge on any atom is 0.216 e. The van der Waals surface area contributed by atoms with Crippen LogP contribution in [0.4, 0.5) is 0 Å². The second kappa shape index (κ2) is 6.89. The number of methoxy groups -OCH3 is 1. The molecular weight excluding hydrogens is 376 g/mol. The van der Waals surface area contributed by atoms with Crippen LogP contribution in [-0.2, 0) is 0 Å². The smallest absolute Gasteiger partial charge is 0.216 e. The molecule has 0 saturated heterocycles. The van der Waals surface area contributed by atoms with E-state index in [4.69, 9.17) is 17.0 Å². The van der Waals surface area contributed by atoms with Crippen molar-refractivity contribution in [3.63, 3.8) is 0 Å². The summed E-state index contributed by atoms with van der Waals surface area (Å²) in [6.07, 6.45) is 1.73. The minimum absolute atomic E-state index is 0.411. The van der Waals surface area contributed by atoms with E-state index >= 15 is 0 Å². The van der Waals surface area contributed by atoms with E-state index < -0.39 is 0 Å². The molecule has 23 heavy (non-hydrogen) atoms. The largest absolute Gasteiger partial charge is 0.496 e. The summed E-state index contributed by atoms with van der Waals surface area (Å²) in [5.41, 5.74) is 1.76. The fraction of sp³-hybridized carbons (Fsp3) is 0.0625. The van der Waals surface area contributed by atoms with Gasteiger partial charge in [-0.05, 0) is 30.4 Å². The summed E-state index contributed by atoms with van der Waals surface area (Å²) in [6.45, 7) is 0. The van der Waals surface area contributed by atoms with Gasteiger partial charge in [-0.15, -0.1) is 0 Å². The zero-order chi connectivity index (χ0) is 16.2. The molecule has 0 radical (unpaired) electrons. The number of hydrogen-bond acceptors (Lipinski definition) is 4. The third-order valence-electron chi connectivity index (χ3n) is 3.22. The summed E-state index contributed by atoms with van der Waals surface area (Å²) in [5.74, 6) is 1.30. The SMILES string of the molecule is COc1ccccc1-c1n[nH]c(=S)n1/N=C/c1ccccc1Br. The van der Waals surface area contributed by atoms with Gasteiger partial charge in [0.25, 0.3) is 0 Å². The van der Waals surface area contributed by atoms with Crippen LogP contribution in [0.2, 0.25) is 0 Å². The number of aromatic nitrogens is 3. The van der Waals surface area contributed by atoms with Gasteiger partial charge >= 0.3 is 0 Å². The molecule has 0 fully saturated rings. The molecule has 1 heterocycles. The van der Waals surface area contributed by atoms with Crippen LogP contribution < -0.4 is 4.74 Å². The first kappa shape index (κ1) is 15.6. The Bertz CT molecular complexity index is 916. The molecule has 2 aromatic carbocycles. The van der Waals surface area contributed by atoms with E-state index in [2.05, 4.69) is 31.2 Å². The summed E-state index contributed by atoms with van der Waals surface area (Å²) in [6, 6.07) is 15.4. The standard InChI is InChI=1S/C16H13BrN4OS/c1-22-14-9-5-3-7-12(14)15-19-20-16(23)21(15)18-10-11-6-2-4-8-13(11)17/h2-10H,1H3,(H,20,23)/b18-10+. The van der Waals surface area contributed by atoms with E-state index in [0.717, 1.165) is 15.6 Å². The van der Waals surface area contributed by atoms with E-state index in [1.165, 1.54) is 0 Å². The van der Waals surface area contributed by atoms with Crippen molar-refractivity contribution in [3.8, 4) is 17.1 Å². The van der Waals surface area contributed by atoms with Crippen molar-refractivity contribution in [3.05, 3.63) is 63.3 Å². The Morgan fingerprint density at radius 2 is 1.96 bits per heavy atom. The van der Waals surface area contributed by atoms with Crippen molar-refractivity contribution in [2.45, 2.75) is 0 Å². The molecule has 1 N–H and O–H groups in total. The van der Waals surface area contributed by atoms with E-state index in [1.54, 1.807) is 18.0 Å². The van der Waals surface area contributed by atoms with Crippen LogP contribution in [0.15, 0.2) is 58.1 Å². The van der Waals surface area contributed by atoms with Crippen LogP contribution in [0.3, 0.4) is 0 Å². The topological polar surface area (TPSA) is 55.2 Å². The van der Waals surface area contributed by atoms with E-state index in [-0.39, 0.29) is 0 Å². The van der Waals surface area contributed by atoms with Gasteiger partial charge in [-0.3, -0.25) is 0 Å². The quantitative estimate of drug-likeness (QED) is 0.536. The van der Waals surface area contributed by atoms with Gasteiger partial charge in [-0.25, -0.2) is 5.10 Å². The summed E-state index contributed by atoms with van der Waals surface area (Å²) < 4.78 is 8.33. The van der Waals surface area contributed by atoms with Gasteiger partial charge in [0.05, 0.1) is 18.9 Å². The highest BCUT2D eigenvalue weighted by Gasteiger charge is 2.12. The molecular formula is C16H13BrN4OS. The van der Waals surface area contributed by atoms with Crippen LogP contribution in [0.1, 0.15) is 5.56 Å². The Hall–Kier alpha value is -2.25. The van der Waals surface area contributed by atoms with E-state index in [1.807, 2.05) is 48.5 Å². The van der Waals surface area contributed by atoms with Crippen molar-refractivity contribution >= 4 is 34.4 Å². The summed E-state index contributed by atoms with van der Waals surface area (Å²) in [4.78, 5) is 0. The van der Waals surface area contributed by atoms with Crippen LogP contribution >= 0.6 is 28.1 Å². The maximum atomic E-state index is 5.39. The number of nitrogens with one attached hydrogen (secondary N) is 1. The van der Waals surface area contributed by atoms with Gasteiger partial charge in [0.2, 0.25) is 4.77 Å². The maximum absolute atomic E-state index is 5.39. The van der Waals surface area contributed by atoms with Crippen LogP contribution in [0, 0.1) is 4.77 Å². The lowest BCUT2D eigenvalue weighted by atomic mass is 10.2. The first-order chi connectivity index (χ1) is 11.2. The van der Waals surface area contributed by atoms with Crippen molar-refractivity contribution in [2.75, 3.05) is 7.11 Å². The number of rotatable bonds is 4. The Kier molecular flexibility index (Phi) is 4.68. The van der Waals surface area contributed by atoms with Crippen molar-refractivity contribution in [1.29, 1.82) is 0 Å². The fourth-order valence-electron chi connectivity index (χ4n) is 2.10. The molecule has 3 aromatic rings. The molecule has 116 valence electrons. The predicted molar refractivity (Wildman–Crippen MR) is 96.5 cm³/mol. The molecule has 0 unspecified atom stereocenters. The number of hydrogen-bond donors (Lipinski definition) is 1. The number of H-pyrrole nitrogens is 1. The highest BCUT2D eigenvalue weighted by Crippen LogP contribution is 2.28. The van der Waals surface area contributed by atoms with Gasteiger partial charge in [-0.2, -0.15) is 14.9 Å². The fourth-order valence-corrected chi connectivity index (χ4v) is 2.67. The van der Waals surface area contributed by atoms with Gasteiger partial charge in [0, 0.05) is 10.0 Å². The molecule has 0 saturated carbocycles. The lowest BCUT2D eigenvalue weighted by Gasteiger charge is -2.06. The number of aromatic amines is 1. The molecule has 0 atom stereocenters. The van der Waals surface area contributed by atoms with E-state index in [9.17, 15) is 0 Å². The van der Waals surface area contributed by atoms with Crippen LogP contribution in [-0.4, -0.2) is 28.2 Å². The monoisotopic (exact) mass is 388 g/mol. The molecule has 3 rings (SSSR count). The summed E-state index contributed by atoms with van der Waals surface area (Å²) in [7, 11) is 1.62. The number of ether oxygens (including phenoxy) is 1. The Morgan fingerprint density at radius 1 is 1.22 bits per heavy atom. The molecule has 0 amide bonds. The third-order valence-corrected chi connectivity index (χ3v) is 4.20. The van der Waals surface area contributed by atoms with Crippen LogP contribution in [0.5, 0.6) is 5.75 Å². The second-order valence-electron chi connectivity index (χ2n) is 4.63. The second-order valence-corrected chi connectivity index (χ2v) is 5.87. The van der Waals surface area contributed by atoms with Crippen molar-refractivity contribution < 1.29 is 4.74 Å². The first-order valence-corrected chi connectivity index (χ1v) is 8.00. The first-order valence-electron chi connectivity index (χ1n) is 6.80. The molecule has 0 spiro atoms. The number of benzene rings is 2. The van der Waals surface area contributed by atoms with E-state index in [0.29, 0.717) is 16.3 Å². The third kappa shape index (κ3) is 3.25.